The van der Waals surface area contributed by atoms with Crippen LogP contribution in [0, 0.1) is 5.82 Å². The van der Waals surface area contributed by atoms with Crippen LogP contribution in [0.15, 0.2) is 29.8 Å². The molecule has 6 nitrogen and oxygen atoms in total. The smallest absolute Gasteiger partial charge is 0.825 e. The Labute approximate surface area is 198 Å². The van der Waals surface area contributed by atoms with Gasteiger partial charge in [0.2, 0.25) is 5.78 Å². The predicted octanol–water partition coefficient (Wildman–Crippen LogP) is -4.14. The molecule has 0 saturated heterocycles. The number of rotatable bonds is 5. The van der Waals surface area contributed by atoms with Crippen molar-refractivity contribution in [2.24, 2.45) is 0 Å². The number of fused-ring (bicyclic) bond motifs is 1. The molecular formula is C15H10FN2Na2O4PS. The molecule has 3 rings (SSSR count). The van der Waals surface area contributed by atoms with E-state index in [4.69, 9.17) is 0 Å². The van der Waals surface area contributed by atoms with Gasteiger partial charge in [0.25, 0.3) is 0 Å². The first kappa shape index (κ1) is 24.0. The molecule has 0 unspecified atom stereocenters. The molecule has 0 aliphatic heterocycles. The second kappa shape index (κ2) is 9.98. The molecule has 0 radical (unpaired) electrons. The van der Waals surface area contributed by atoms with Crippen molar-refractivity contribution in [3.63, 3.8) is 0 Å². The van der Waals surface area contributed by atoms with Gasteiger partial charge < -0.3 is 14.1 Å². The van der Waals surface area contributed by atoms with Gasteiger partial charge in [-0.05, 0) is 12.1 Å². The summed E-state index contributed by atoms with van der Waals surface area (Å²) in [7, 11) is -3.06. The first-order chi connectivity index (χ1) is 11.4. The van der Waals surface area contributed by atoms with Crippen molar-refractivity contribution in [3.05, 3.63) is 51.9 Å². The number of carbonyl (C=O) groups is 2. The Hall–Kier alpha value is 0.0100. The number of aromatic nitrogens is 2. The van der Waals surface area contributed by atoms with Gasteiger partial charge in [0.15, 0.2) is 10.8 Å². The molecule has 124 valence electrons. The summed E-state index contributed by atoms with van der Waals surface area (Å²) in [5, 5.41) is 1.39. The van der Waals surface area contributed by atoms with E-state index >= 15 is 0 Å². The van der Waals surface area contributed by atoms with Crippen LogP contribution >= 0.6 is 19.9 Å². The molecule has 0 bridgehead atoms. The molecule has 0 fully saturated rings. The van der Waals surface area contributed by atoms with Gasteiger partial charge in [0.1, 0.15) is 11.5 Å². The van der Waals surface area contributed by atoms with Gasteiger partial charge >= 0.3 is 59.1 Å². The van der Waals surface area contributed by atoms with Crippen molar-refractivity contribution in [1.29, 1.82) is 0 Å². The van der Waals surface area contributed by atoms with Crippen molar-refractivity contribution in [1.82, 2.24) is 9.32 Å². The van der Waals surface area contributed by atoms with E-state index in [1.165, 1.54) is 17.5 Å². The maximum absolute atomic E-state index is 14.2. The van der Waals surface area contributed by atoms with Crippen LogP contribution in [0.5, 0.6) is 0 Å². The average molecular weight is 410 g/mol. The molecule has 1 aromatic carbocycles. The summed E-state index contributed by atoms with van der Waals surface area (Å²) in [6.45, 7) is 1.68. The van der Waals surface area contributed by atoms with Crippen LogP contribution < -0.4 is 68.9 Å². The zero-order chi connectivity index (χ0) is 17.4. The average Bonchev–Trinajstić information content (AvgIpc) is 3.19. The van der Waals surface area contributed by atoms with Crippen LogP contribution in [0.4, 0.5) is 4.39 Å². The van der Waals surface area contributed by atoms with E-state index in [1.807, 2.05) is 0 Å². The summed E-state index contributed by atoms with van der Waals surface area (Å²) in [4.78, 5) is 50.9. The molecule has 2 aromatic heterocycles. The number of benzene rings is 1. The number of thiazole rings is 1. The SMILES string of the molecule is CCC(=O)c1csc(C(=O)c2cn(P([O-])[O-])c3cccc(F)c23)n1.[Na+].[Na+]. The normalized spacial score (nSPS) is 10.5. The van der Waals surface area contributed by atoms with Crippen LogP contribution in [0.3, 0.4) is 0 Å². The zero-order valence-corrected chi connectivity index (χ0v) is 20.1. The number of nitrogens with zero attached hydrogens (tertiary/aromatic N) is 2. The molecule has 0 N–H and O–H groups in total. The number of ketones is 2. The van der Waals surface area contributed by atoms with Crippen molar-refractivity contribution in [3.8, 4) is 0 Å². The van der Waals surface area contributed by atoms with E-state index in [2.05, 4.69) is 4.98 Å². The summed E-state index contributed by atoms with van der Waals surface area (Å²) in [6.07, 6.45) is 1.33. The Morgan fingerprint density at radius 2 is 2.00 bits per heavy atom. The Kier molecular flexibility index (Phi) is 9.23. The fourth-order valence-electron chi connectivity index (χ4n) is 2.34. The Morgan fingerprint density at radius 1 is 1.31 bits per heavy atom. The van der Waals surface area contributed by atoms with Gasteiger partial charge in [-0.3, -0.25) is 9.59 Å². The minimum absolute atomic E-state index is 0. The van der Waals surface area contributed by atoms with Crippen LogP contribution in [0.25, 0.3) is 10.9 Å². The molecule has 0 saturated carbocycles. The third-order valence-electron chi connectivity index (χ3n) is 3.48. The number of hydrogen-bond acceptors (Lipinski definition) is 6. The molecule has 0 aliphatic rings. The third-order valence-corrected chi connectivity index (χ3v) is 5.01. The summed E-state index contributed by atoms with van der Waals surface area (Å²) in [5.41, 5.74) is 0.146. The third kappa shape index (κ3) is 4.52. The molecule has 0 amide bonds. The molecule has 2 heterocycles. The van der Waals surface area contributed by atoms with E-state index in [-0.39, 0.29) is 98.5 Å². The summed E-state index contributed by atoms with van der Waals surface area (Å²) >= 11 is 0.964. The summed E-state index contributed by atoms with van der Waals surface area (Å²) in [6, 6.07) is 3.92. The van der Waals surface area contributed by atoms with Gasteiger partial charge in [0.05, 0.1) is 11.1 Å². The van der Waals surface area contributed by atoms with Gasteiger partial charge in [-0.1, -0.05) is 13.0 Å². The standard InChI is InChI=1S/C15H10FN2O4PS.2Na/c1-2-12(19)10-7-24-15(17-10)14(20)8-6-18(23(21)22)11-5-3-4-9(16)13(8)11;;/h3-7H,2H2,1H3;;/q-2;2*+1. The Bertz CT molecular complexity index is 960. The molecule has 0 atom stereocenters. The van der Waals surface area contributed by atoms with Gasteiger partial charge in [-0.15, -0.1) is 11.3 Å². The van der Waals surface area contributed by atoms with Crippen LogP contribution in [0.2, 0.25) is 0 Å². The minimum Gasteiger partial charge on any atom is -0.825 e. The number of hydrogen-bond donors (Lipinski definition) is 0. The first-order valence-corrected chi connectivity index (χ1v) is 8.92. The van der Waals surface area contributed by atoms with E-state index in [1.54, 1.807) is 6.92 Å². The van der Waals surface area contributed by atoms with E-state index < -0.39 is 20.1 Å². The monoisotopic (exact) mass is 410 g/mol. The molecule has 3 aromatic rings. The fourth-order valence-corrected chi connectivity index (χ4v) is 3.66. The predicted molar refractivity (Wildman–Crippen MR) is 84.4 cm³/mol. The van der Waals surface area contributed by atoms with Gasteiger partial charge in [0, 0.05) is 23.4 Å². The van der Waals surface area contributed by atoms with Crippen molar-refractivity contribution >= 4 is 42.3 Å². The first-order valence-electron chi connectivity index (χ1n) is 6.91. The fraction of sp³-hybridized carbons (Fsp3) is 0.133. The zero-order valence-electron chi connectivity index (χ0n) is 14.4. The van der Waals surface area contributed by atoms with E-state index in [0.29, 0.717) is 0 Å². The van der Waals surface area contributed by atoms with E-state index in [0.717, 1.165) is 27.9 Å². The number of carbonyl (C=O) groups excluding carboxylic acids is 2. The van der Waals surface area contributed by atoms with Crippen molar-refractivity contribution in [2.45, 2.75) is 13.3 Å². The van der Waals surface area contributed by atoms with E-state index in [9.17, 15) is 23.8 Å². The second-order valence-electron chi connectivity index (χ2n) is 4.90. The van der Waals surface area contributed by atoms with Crippen LogP contribution in [-0.2, 0) is 0 Å². The van der Waals surface area contributed by atoms with Crippen molar-refractivity contribution < 1.29 is 82.9 Å². The second-order valence-corrected chi connectivity index (χ2v) is 6.67. The van der Waals surface area contributed by atoms with Crippen LogP contribution in [-0.4, -0.2) is 20.9 Å². The molecule has 0 spiro atoms. The number of halogens is 1. The van der Waals surface area contributed by atoms with Crippen LogP contribution in [0.1, 0.15) is 39.2 Å². The maximum atomic E-state index is 14.2. The Balaban J connectivity index is 0.00000169. The molecule has 26 heavy (non-hydrogen) atoms. The van der Waals surface area contributed by atoms with Gasteiger partial charge in [-0.2, -0.15) is 8.53 Å². The maximum Gasteiger partial charge on any atom is 1.00 e. The topological polar surface area (TPSA) is 98.1 Å². The van der Waals surface area contributed by atoms with Crippen molar-refractivity contribution in [2.75, 3.05) is 0 Å². The quantitative estimate of drug-likeness (QED) is 0.242. The molecule has 0 aliphatic carbocycles. The summed E-state index contributed by atoms with van der Waals surface area (Å²) in [5.74, 6) is -1.53. The largest absolute Gasteiger partial charge is 1.00 e. The van der Waals surface area contributed by atoms with Gasteiger partial charge in [-0.25, -0.2) is 9.37 Å². The minimum atomic E-state index is -3.06. The number of Topliss-reactive ketones (excluding diaryl/α,β-unsaturated/α-hetero) is 1. The summed E-state index contributed by atoms with van der Waals surface area (Å²) < 4.78 is 15.0. The Morgan fingerprint density at radius 3 is 2.62 bits per heavy atom. The molecule has 11 heteroatoms. The molecular weight excluding hydrogens is 400 g/mol.